The van der Waals surface area contributed by atoms with Gasteiger partial charge in [0.05, 0.1) is 4.90 Å². The van der Waals surface area contributed by atoms with Gasteiger partial charge in [0.15, 0.2) is 0 Å². The molecule has 1 N–H and O–H groups in total. The molecule has 0 heterocycles. The van der Waals surface area contributed by atoms with E-state index in [1.165, 1.54) is 12.1 Å². The van der Waals surface area contributed by atoms with Crippen LogP contribution in [0.3, 0.4) is 0 Å². The van der Waals surface area contributed by atoms with Crippen LogP contribution >= 0.6 is 0 Å². The van der Waals surface area contributed by atoms with Crippen molar-refractivity contribution >= 4 is 15.9 Å². The highest BCUT2D eigenvalue weighted by Crippen LogP contribution is 2.21. The van der Waals surface area contributed by atoms with E-state index in [1.807, 2.05) is 13.8 Å². The van der Waals surface area contributed by atoms with Crippen LogP contribution in [0.25, 0.3) is 0 Å². The first-order valence-corrected chi connectivity index (χ1v) is 9.73. The van der Waals surface area contributed by atoms with Gasteiger partial charge in [0, 0.05) is 24.7 Å². The number of carbonyl (C=O) groups is 1. The van der Waals surface area contributed by atoms with Gasteiger partial charge >= 0.3 is 0 Å². The first-order valence-electron chi connectivity index (χ1n) is 8.24. The number of hydrogen-bond donors (Lipinski definition) is 1. The summed E-state index contributed by atoms with van der Waals surface area (Å²) in [7, 11) is -1.83. The monoisotopic (exact) mass is 338 g/mol. The molecule has 0 saturated heterocycles. The molecule has 6 heteroatoms. The first kappa shape index (κ1) is 17.9. The zero-order valence-corrected chi connectivity index (χ0v) is 14.9. The Morgan fingerprint density at radius 2 is 2.00 bits per heavy atom. The summed E-state index contributed by atoms with van der Waals surface area (Å²) in [5.74, 6) is -0.155. The molecule has 5 nitrogen and oxygen atoms in total. The van der Waals surface area contributed by atoms with E-state index in [9.17, 15) is 13.2 Å². The Morgan fingerprint density at radius 3 is 2.61 bits per heavy atom. The third-order valence-corrected chi connectivity index (χ3v) is 6.16. The molecule has 2 rings (SSSR count). The third kappa shape index (κ3) is 4.32. The number of carbonyl (C=O) groups excluding carboxylic acids is 1. The normalized spacial score (nSPS) is 17.2. The molecule has 0 aliphatic heterocycles. The molecule has 1 aromatic carbocycles. The van der Waals surface area contributed by atoms with E-state index in [4.69, 9.17) is 0 Å². The highest BCUT2D eigenvalue weighted by atomic mass is 32.2. The summed E-state index contributed by atoms with van der Waals surface area (Å²) in [6.45, 7) is 3.99. The van der Waals surface area contributed by atoms with Crippen molar-refractivity contribution in [3.63, 3.8) is 0 Å². The number of benzene rings is 1. The lowest BCUT2D eigenvalue weighted by Crippen LogP contribution is -2.35. The minimum Gasteiger partial charge on any atom is -0.339 e. The summed E-state index contributed by atoms with van der Waals surface area (Å²) in [6, 6.07) is 6.42. The van der Waals surface area contributed by atoms with E-state index in [0.29, 0.717) is 5.56 Å². The van der Waals surface area contributed by atoms with E-state index >= 15 is 0 Å². The molecule has 1 atom stereocenters. The third-order valence-electron chi connectivity index (χ3n) is 4.64. The average molecular weight is 338 g/mol. The molecule has 1 unspecified atom stereocenters. The molecule has 0 radical (unpaired) electrons. The maximum absolute atomic E-state index is 12.5. The van der Waals surface area contributed by atoms with Gasteiger partial charge in [-0.15, -0.1) is 0 Å². The van der Waals surface area contributed by atoms with Crippen molar-refractivity contribution in [1.29, 1.82) is 0 Å². The average Bonchev–Trinajstić information content (AvgIpc) is 3.05. The predicted octanol–water partition coefficient (Wildman–Crippen LogP) is 2.78. The van der Waals surface area contributed by atoms with Crippen LogP contribution in [-0.4, -0.2) is 38.4 Å². The molecular formula is C17H26N2O3S. The lowest BCUT2D eigenvalue weighted by molar-refractivity contribution is 0.0740. The highest BCUT2D eigenvalue weighted by molar-refractivity contribution is 7.89. The summed E-state index contributed by atoms with van der Waals surface area (Å²) in [6.07, 6.45) is 4.74. The molecule has 1 aliphatic rings. The second-order valence-corrected chi connectivity index (χ2v) is 8.02. The van der Waals surface area contributed by atoms with Crippen LogP contribution in [-0.2, 0) is 10.0 Å². The number of nitrogens with one attached hydrogen (secondary N) is 1. The zero-order valence-electron chi connectivity index (χ0n) is 14.1. The summed E-state index contributed by atoms with van der Waals surface area (Å²) in [5, 5.41) is 0. The summed E-state index contributed by atoms with van der Waals surface area (Å²) < 4.78 is 27.7. The SMILES string of the molecule is CCC(C)N(C)C(=O)c1cccc(S(=O)(=O)NC2CCCC2)c1. The molecule has 0 spiro atoms. The van der Waals surface area contributed by atoms with Crippen molar-refractivity contribution in [1.82, 2.24) is 9.62 Å². The molecule has 0 aromatic heterocycles. The van der Waals surface area contributed by atoms with Crippen molar-refractivity contribution < 1.29 is 13.2 Å². The van der Waals surface area contributed by atoms with Gasteiger partial charge in [-0.1, -0.05) is 25.8 Å². The largest absolute Gasteiger partial charge is 0.339 e. The predicted molar refractivity (Wildman–Crippen MR) is 90.9 cm³/mol. The summed E-state index contributed by atoms with van der Waals surface area (Å²) >= 11 is 0. The Morgan fingerprint density at radius 1 is 1.35 bits per heavy atom. The van der Waals surface area contributed by atoms with E-state index in [1.54, 1.807) is 24.1 Å². The maximum atomic E-state index is 12.5. The van der Waals surface area contributed by atoms with Crippen molar-refractivity contribution in [3.05, 3.63) is 29.8 Å². The van der Waals surface area contributed by atoms with Crippen molar-refractivity contribution in [2.75, 3.05) is 7.05 Å². The topological polar surface area (TPSA) is 66.5 Å². The fourth-order valence-corrected chi connectivity index (χ4v) is 4.16. The quantitative estimate of drug-likeness (QED) is 0.867. The van der Waals surface area contributed by atoms with Gasteiger partial charge in [0.25, 0.3) is 5.91 Å². The van der Waals surface area contributed by atoms with Gasteiger partial charge in [-0.05, 0) is 44.4 Å². The van der Waals surface area contributed by atoms with Crippen LogP contribution in [0, 0.1) is 0 Å². The van der Waals surface area contributed by atoms with E-state index in [0.717, 1.165) is 32.1 Å². The Labute approximate surface area is 139 Å². The number of amides is 1. The summed E-state index contributed by atoms with van der Waals surface area (Å²) in [5.41, 5.74) is 0.405. The van der Waals surface area contributed by atoms with Gasteiger partial charge in [0.1, 0.15) is 0 Å². The zero-order chi connectivity index (χ0) is 17.0. The van der Waals surface area contributed by atoms with Crippen LogP contribution in [0.1, 0.15) is 56.3 Å². The fraction of sp³-hybridized carbons (Fsp3) is 0.588. The van der Waals surface area contributed by atoms with E-state index in [-0.39, 0.29) is 22.9 Å². The van der Waals surface area contributed by atoms with Crippen molar-refractivity contribution in [2.24, 2.45) is 0 Å². The van der Waals surface area contributed by atoms with Crippen LogP contribution in [0.4, 0.5) is 0 Å². The number of hydrogen-bond acceptors (Lipinski definition) is 3. The second kappa shape index (κ2) is 7.45. The first-order chi connectivity index (χ1) is 10.8. The summed E-state index contributed by atoms with van der Waals surface area (Å²) in [4.78, 5) is 14.3. The van der Waals surface area contributed by atoms with Crippen LogP contribution < -0.4 is 4.72 Å². The van der Waals surface area contributed by atoms with E-state index < -0.39 is 10.0 Å². The fourth-order valence-electron chi connectivity index (χ4n) is 2.81. The molecule has 23 heavy (non-hydrogen) atoms. The smallest absolute Gasteiger partial charge is 0.253 e. The minimum atomic E-state index is -3.57. The Bertz CT molecular complexity index is 652. The molecule has 1 aliphatic carbocycles. The van der Waals surface area contributed by atoms with Gasteiger partial charge in [-0.3, -0.25) is 4.79 Å². The van der Waals surface area contributed by atoms with Gasteiger partial charge in [-0.25, -0.2) is 13.1 Å². The Hall–Kier alpha value is -1.40. The number of nitrogens with zero attached hydrogens (tertiary/aromatic N) is 1. The number of sulfonamides is 1. The lowest BCUT2D eigenvalue weighted by Gasteiger charge is -2.24. The molecule has 1 fully saturated rings. The van der Waals surface area contributed by atoms with Crippen molar-refractivity contribution in [3.8, 4) is 0 Å². The highest BCUT2D eigenvalue weighted by Gasteiger charge is 2.24. The molecule has 1 aromatic rings. The number of rotatable bonds is 6. The van der Waals surface area contributed by atoms with Gasteiger partial charge < -0.3 is 4.90 Å². The molecule has 1 saturated carbocycles. The van der Waals surface area contributed by atoms with Crippen molar-refractivity contribution in [2.45, 2.75) is 62.9 Å². The molecular weight excluding hydrogens is 312 g/mol. The lowest BCUT2D eigenvalue weighted by atomic mass is 10.1. The second-order valence-electron chi connectivity index (χ2n) is 6.30. The maximum Gasteiger partial charge on any atom is 0.253 e. The van der Waals surface area contributed by atoms with E-state index in [2.05, 4.69) is 4.72 Å². The molecule has 1 amide bonds. The minimum absolute atomic E-state index is 0.0159. The van der Waals surface area contributed by atoms with Gasteiger partial charge in [0.2, 0.25) is 10.0 Å². The van der Waals surface area contributed by atoms with Crippen LogP contribution in [0.5, 0.6) is 0 Å². The Kier molecular flexibility index (Phi) is 5.81. The molecule has 128 valence electrons. The molecule has 0 bridgehead atoms. The standard InChI is InChI=1S/C17H26N2O3S/c1-4-13(2)19(3)17(20)14-8-7-11-16(12-14)23(21,22)18-15-9-5-6-10-15/h7-8,11-13,15,18H,4-6,9-10H2,1-3H3. The Balaban J connectivity index is 2.20. The van der Waals surface area contributed by atoms with Crippen LogP contribution in [0.15, 0.2) is 29.2 Å². The van der Waals surface area contributed by atoms with Crippen LogP contribution in [0.2, 0.25) is 0 Å². The van der Waals surface area contributed by atoms with Gasteiger partial charge in [-0.2, -0.15) is 0 Å².